The quantitative estimate of drug-likeness (QED) is 0.498. The molecule has 1 atom stereocenters. The summed E-state index contributed by atoms with van der Waals surface area (Å²) >= 11 is 0. The van der Waals surface area contributed by atoms with Crippen LogP contribution in [-0.4, -0.2) is 40.0 Å². The molecule has 1 unspecified atom stereocenters. The van der Waals surface area contributed by atoms with Crippen molar-refractivity contribution in [3.63, 3.8) is 0 Å². The smallest absolute Gasteiger partial charge is 0.262 e. The topological polar surface area (TPSA) is 91.8 Å². The van der Waals surface area contributed by atoms with E-state index < -0.39 is 5.91 Å². The van der Waals surface area contributed by atoms with Crippen molar-refractivity contribution < 1.29 is 19.5 Å². The zero-order valence-corrected chi connectivity index (χ0v) is 15.7. The van der Waals surface area contributed by atoms with Crippen molar-refractivity contribution in [2.45, 2.75) is 18.9 Å². The van der Waals surface area contributed by atoms with Gasteiger partial charge >= 0.3 is 0 Å². The summed E-state index contributed by atoms with van der Waals surface area (Å²) in [6.07, 6.45) is 2.42. The molecule has 0 radical (unpaired) electrons. The fourth-order valence-corrected chi connectivity index (χ4v) is 3.65. The summed E-state index contributed by atoms with van der Waals surface area (Å²) in [4.78, 5) is 29.6. The van der Waals surface area contributed by atoms with Gasteiger partial charge in [-0.3, -0.25) is 19.8 Å². The molecule has 1 saturated heterocycles. The molecule has 1 aromatic heterocycles. The number of hydrogen-bond acceptors (Lipinski definition) is 5. The first-order chi connectivity index (χ1) is 14.2. The van der Waals surface area contributed by atoms with Crippen LogP contribution >= 0.6 is 0 Å². The molecule has 1 aliphatic heterocycles. The van der Waals surface area contributed by atoms with Crippen molar-refractivity contribution in [1.82, 2.24) is 15.4 Å². The summed E-state index contributed by atoms with van der Waals surface area (Å²) in [5.41, 5.74) is 4.44. The molecule has 7 nitrogen and oxygen atoms in total. The standard InChI is InChI=1S/C22H21N3O4/c26-21(24-28)13-25-12-10-19(22(25)27)15-5-7-17(8-6-15)29-14-16-9-11-23-20-4-2-1-3-18(16)20/h1-9,11,19,28H,10,12-14H2,(H,24,26). The number of para-hydroxylation sites is 1. The van der Waals surface area contributed by atoms with Gasteiger partial charge in [-0.2, -0.15) is 0 Å². The zero-order valence-electron chi connectivity index (χ0n) is 15.7. The minimum atomic E-state index is -0.591. The number of nitrogens with zero attached hydrogens (tertiary/aromatic N) is 2. The Morgan fingerprint density at radius 2 is 1.97 bits per heavy atom. The lowest BCUT2D eigenvalue weighted by Crippen LogP contribution is -2.37. The molecule has 2 amide bonds. The monoisotopic (exact) mass is 391 g/mol. The molecule has 29 heavy (non-hydrogen) atoms. The van der Waals surface area contributed by atoms with Crippen molar-refractivity contribution in [2.75, 3.05) is 13.1 Å². The molecular weight excluding hydrogens is 370 g/mol. The summed E-state index contributed by atoms with van der Waals surface area (Å²) in [5.74, 6) is -0.256. The summed E-state index contributed by atoms with van der Waals surface area (Å²) in [5, 5.41) is 9.70. The van der Waals surface area contributed by atoms with Crippen molar-refractivity contribution in [3.05, 3.63) is 71.9 Å². The Bertz CT molecular complexity index is 1030. The molecule has 4 rings (SSSR count). The van der Waals surface area contributed by atoms with E-state index in [1.54, 1.807) is 11.7 Å². The Labute approximate surface area is 167 Å². The van der Waals surface area contributed by atoms with Crippen LogP contribution in [-0.2, 0) is 16.2 Å². The maximum Gasteiger partial charge on any atom is 0.262 e. The number of rotatable bonds is 6. The van der Waals surface area contributed by atoms with E-state index >= 15 is 0 Å². The van der Waals surface area contributed by atoms with Gasteiger partial charge in [0.2, 0.25) is 5.91 Å². The van der Waals surface area contributed by atoms with Gasteiger partial charge in [-0.1, -0.05) is 30.3 Å². The number of aromatic nitrogens is 1. The van der Waals surface area contributed by atoms with E-state index in [4.69, 9.17) is 9.94 Å². The van der Waals surface area contributed by atoms with Crippen molar-refractivity contribution in [2.24, 2.45) is 0 Å². The Balaban J connectivity index is 1.41. The first-order valence-electron chi connectivity index (χ1n) is 9.43. The third kappa shape index (κ3) is 4.05. The number of nitrogens with one attached hydrogen (secondary N) is 1. The Hall–Kier alpha value is -3.45. The highest BCUT2D eigenvalue weighted by Crippen LogP contribution is 2.30. The van der Waals surface area contributed by atoms with Gasteiger partial charge < -0.3 is 9.64 Å². The highest BCUT2D eigenvalue weighted by atomic mass is 16.5. The normalized spacial score (nSPS) is 16.2. The minimum absolute atomic E-state index is 0.106. The number of fused-ring (bicyclic) bond motifs is 1. The van der Waals surface area contributed by atoms with Gasteiger partial charge in [-0.15, -0.1) is 0 Å². The number of hydrogen-bond donors (Lipinski definition) is 2. The number of pyridine rings is 1. The number of likely N-dealkylation sites (tertiary alicyclic amines) is 1. The number of carbonyl (C=O) groups excluding carboxylic acids is 2. The summed E-state index contributed by atoms with van der Waals surface area (Å²) in [6.45, 7) is 0.784. The third-order valence-corrected chi connectivity index (χ3v) is 5.17. The summed E-state index contributed by atoms with van der Waals surface area (Å²) in [7, 11) is 0. The minimum Gasteiger partial charge on any atom is -0.489 e. The summed E-state index contributed by atoms with van der Waals surface area (Å²) < 4.78 is 5.93. The number of carbonyl (C=O) groups is 2. The van der Waals surface area contributed by atoms with E-state index in [0.29, 0.717) is 19.6 Å². The predicted molar refractivity (Wildman–Crippen MR) is 106 cm³/mol. The van der Waals surface area contributed by atoms with Crippen LogP contribution in [0.5, 0.6) is 5.75 Å². The largest absolute Gasteiger partial charge is 0.489 e. The van der Waals surface area contributed by atoms with E-state index in [1.165, 1.54) is 4.90 Å². The second-order valence-corrected chi connectivity index (χ2v) is 6.98. The molecule has 7 heteroatoms. The van der Waals surface area contributed by atoms with Crippen LogP contribution < -0.4 is 10.2 Å². The Morgan fingerprint density at radius 1 is 1.17 bits per heavy atom. The average molecular weight is 391 g/mol. The number of benzene rings is 2. The van der Waals surface area contributed by atoms with Crippen molar-refractivity contribution >= 4 is 22.7 Å². The molecule has 3 aromatic rings. The van der Waals surface area contributed by atoms with E-state index in [0.717, 1.165) is 27.8 Å². The van der Waals surface area contributed by atoms with E-state index in [-0.39, 0.29) is 18.4 Å². The summed E-state index contributed by atoms with van der Waals surface area (Å²) in [6, 6.07) is 17.4. The molecule has 1 fully saturated rings. The van der Waals surface area contributed by atoms with Crippen LogP contribution in [0.1, 0.15) is 23.5 Å². The van der Waals surface area contributed by atoms with Gasteiger partial charge in [0.1, 0.15) is 18.9 Å². The molecule has 0 aliphatic carbocycles. The van der Waals surface area contributed by atoms with Crippen LogP contribution in [0.4, 0.5) is 0 Å². The molecule has 1 aliphatic rings. The van der Waals surface area contributed by atoms with Crippen molar-refractivity contribution in [1.29, 1.82) is 0 Å². The zero-order chi connectivity index (χ0) is 20.2. The number of ether oxygens (including phenoxy) is 1. The highest BCUT2D eigenvalue weighted by Gasteiger charge is 2.33. The molecule has 0 spiro atoms. The SMILES string of the molecule is O=C(CN1CCC(c2ccc(OCc3ccnc4ccccc34)cc2)C1=O)NO. The molecule has 2 aromatic carbocycles. The van der Waals surface area contributed by atoms with E-state index in [2.05, 4.69) is 4.98 Å². The molecule has 0 saturated carbocycles. The van der Waals surface area contributed by atoms with Crippen LogP contribution in [0.2, 0.25) is 0 Å². The number of amides is 2. The first kappa shape index (κ1) is 18.9. The Kier molecular flexibility index (Phi) is 5.39. The lowest BCUT2D eigenvalue weighted by molar-refractivity contribution is -0.137. The average Bonchev–Trinajstić information content (AvgIpc) is 3.12. The van der Waals surface area contributed by atoms with Crippen LogP contribution in [0.25, 0.3) is 10.9 Å². The second kappa shape index (κ2) is 8.28. The van der Waals surface area contributed by atoms with Gasteiger partial charge in [0.25, 0.3) is 5.91 Å². The highest BCUT2D eigenvalue weighted by molar-refractivity contribution is 5.89. The van der Waals surface area contributed by atoms with Gasteiger partial charge in [0.05, 0.1) is 11.4 Å². The second-order valence-electron chi connectivity index (χ2n) is 6.98. The molecule has 2 heterocycles. The maximum atomic E-state index is 12.5. The lowest BCUT2D eigenvalue weighted by atomic mass is 9.98. The van der Waals surface area contributed by atoms with E-state index in [9.17, 15) is 9.59 Å². The molecule has 2 N–H and O–H groups in total. The van der Waals surface area contributed by atoms with Crippen LogP contribution in [0, 0.1) is 0 Å². The molecular formula is C22H21N3O4. The molecule has 148 valence electrons. The van der Waals surface area contributed by atoms with Gasteiger partial charge in [-0.25, -0.2) is 5.48 Å². The molecule has 0 bridgehead atoms. The first-order valence-corrected chi connectivity index (χ1v) is 9.43. The fourth-order valence-electron chi connectivity index (χ4n) is 3.65. The third-order valence-electron chi connectivity index (χ3n) is 5.17. The van der Waals surface area contributed by atoms with Gasteiger partial charge in [-0.05, 0) is 36.2 Å². The number of hydroxylamine groups is 1. The lowest BCUT2D eigenvalue weighted by Gasteiger charge is -2.15. The Morgan fingerprint density at radius 3 is 2.76 bits per heavy atom. The predicted octanol–water partition coefficient (Wildman–Crippen LogP) is 2.64. The van der Waals surface area contributed by atoms with Gasteiger partial charge in [0.15, 0.2) is 0 Å². The van der Waals surface area contributed by atoms with Crippen LogP contribution in [0.3, 0.4) is 0 Å². The maximum absolute atomic E-state index is 12.5. The fraction of sp³-hybridized carbons (Fsp3) is 0.227. The van der Waals surface area contributed by atoms with Gasteiger partial charge in [0, 0.05) is 23.7 Å². The van der Waals surface area contributed by atoms with Crippen molar-refractivity contribution in [3.8, 4) is 5.75 Å². The van der Waals surface area contributed by atoms with Crippen LogP contribution in [0.15, 0.2) is 60.8 Å². The van der Waals surface area contributed by atoms with E-state index in [1.807, 2.05) is 54.6 Å².